The van der Waals surface area contributed by atoms with Gasteiger partial charge in [0.05, 0.1) is 0 Å². The minimum atomic E-state index is -0.809. The monoisotopic (exact) mass is 559 g/mol. The van der Waals surface area contributed by atoms with Crippen LogP contribution in [0, 0.1) is 19.8 Å². The van der Waals surface area contributed by atoms with Gasteiger partial charge in [-0.2, -0.15) is 0 Å². The summed E-state index contributed by atoms with van der Waals surface area (Å²) in [4.78, 5) is 42.8. The first-order valence-electron chi connectivity index (χ1n) is 15.5. The molecular formula is C33H57N3O4. The van der Waals surface area contributed by atoms with Crippen LogP contribution in [0.2, 0.25) is 0 Å². The number of amides is 3. The van der Waals surface area contributed by atoms with Crippen molar-refractivity contribution in [3.63, 3.8) is 0 Å². The third-order valence-electron chi connectivity index (χ3n) is 7.52. The molecule has 1 aromatic rings. The number of nitrogens with zero attached hydrogens (tertiary/aromatic N) is 1. The van der Waals surface area contributed by atoms with Gasteiger partial charge in [-0.15, -0.1) is 0 Å². The molecule has 0 aliphatic rings. The summed E-state index contributed by atoms with van der Waals surface area (Å²) >= 11 is 0. The Kier molecular flexibility index (Phi) is 15.9. The van der Waals surface area contributed by atoms with Gasteiger partial charge in [0.2, 0.25) is 11.8 Å². The van der Waals surface area contributed by atoms with Crippen LogP contribution in [0.5, 0.6) is 0 Å². The standard InChI is InChI=1S/C33H57N3O4/c1-10-13-15-16-17-18-23-36(31(38)28(24(4)12-3)35-32(39)40-33(7,8)9)29(30(37)34-22-14-11-2)27-21-19-20-25(5)26(27)6/h19-21,24,28-29H,10-18,22-23H2,1-9H3,(H,34,37)(H,35,39). The molecule has 0 spiro atoms. The van der Waals surface area contributed by atoms with Crippen molar-refractivity contribution in [2.24, 2.45) is 5.92 Å². The number of rotatable bonds is 17. The molecule has 3 atom stereocenters. The van der Waals surface area contributed by atoms with Crippen molar-refractivity contribution >= 4 is 17.9 Å². The molecule has 7 heteroatoms. The quantitative estimate of drug-likeness (QED) is 0.195. The van der Waals surface area contributed by atoms with Gasteiger partial charge < -0.3 is 20.3 Å². The second-order valence-corrected chi connectivity index (χ2v) is 12.1. The maximum atomic E-state index is 14.4. The predicted molar refractivity (Wildman–Crippen MR) is 164 cm³/mol. The van der Waals surface area contributed by atoms with Crippen LogP contribution in [0.15, 0.2) is 18.2 Å². The highest BCUT2D eigenvalue weighted by molar-refractivity contribution is 5.92. The molecule has 0 heterocycles. The van der Waals surface area contributed by atoms with Crippen molar-refractivity contribution < 1.29 is 19.1 Å². The fraction of sp³-hybridized carbons (Fsp3) is 0.727. The van der Waals surface area contributed by atoms with Crippen LogP contribution in [0.3, 0.4) is 0 Å². The van der Waals surface area contributed by atoms with E-state index in [0.717, 1.165) is 55.2 Å². The van der Waals surface area contributed by atoms with E-state index in [-0.39, 0.29) is 17.7 Å². The van der Waals surface area contributed by atoms with Crippen LogP contribution < -0.4 is 10.6 Å². The number of aryl methyl sites for hydroxylation is 1. The van der Waals surface area contributed by atoms with Gasteiger partial charge in [-0.05, 0) is 70.1 Å². The molecule has 228 valence electrons. The first-order chi connectivity index (χ1) is 18.9. The van der Waals surface area contributed by atoms with Gasteiger partial charge in [0.25, 0.3) is 0 Å². The molecule has 3 amide bonds. The van der Waals surface area contributed by atoms with Crippen LogP contribution in [-0.2, 0) is 14.3 Å². The summed E-state index contributed by atoms with van der Waals surface area (Å²) in [7, 11) is 0. The Morgan fingerprint density at radius 2 is 1.55 bits per heavy atom. The van der Waals surface area contributed by atoms with E-state index in [9.17, 15) is 14.4 Å². The summed E-state index contributed by atoms with van der Waals surface area (Å²) in [5.41, 5.74) is 2.21. The van der Waals surface area contributed by atoms with Crippen molar-refractivity contribution in [3.8, 4) is 0 Å². The molecule has 3 unspecified atom stereocenters. The molecule has 0 fully saturated rings. The minimum absolute atomic E-state index is 0.144. The van der Waals surface area contributed by atoms with Crippen LogP contribution in [0.25, 0.3) is 0 Å². The lowest BCUT2D eigenvalue weighted by Gasteiger charge is -2.37. The predicted octanol–water partition coefficient (Wildman–Crippen LogP) is 7.39. The van der Waals surface area contributed by atoms with Gasteiger partial charge in [0, 0.05) is 13.1 Å². The Hall–Kier alpha value is -2.57. The number of hydrogen-bond acceptors (Lipinski definition) is 4. The molecule has 0 radical (unpaired) electrons. The van der Waals surface area contributed by atoms with Crippen molar-refractivity contribution in [2.45, 2.75) is 138 Å². The molecule has 0 bridgehead atoms. The molecule has 0 aromatic heterocycles. The second-order valence-electron chi connectivity index (χ2n) is 12.1. The Morgan fingerprint density at radius 3 is 2.15 bits per heavy atom. The third kappa shape index (κ3) is 11.9. The number of benzene rings is 1. The molecular weight excluding hydrogens is 502 g/mol. The average Bonchev–Trinajstić information content (AvgIpc) is 2.89. The fourth-order valence-corrected chi connectivity index (χ4v) is 4.73. The number of hydrogen-bond donors (Lipinski definition) is 2. The zero-order chi connectivity index (χ0) is 30.3. The van der Waals surface area contributed by atoms with Crippen molar-refractivity contribution in [3.05, 3.63) is 34.9 Å². The van der Waals surface area contributed by atoms with Crippen molar-refractivity contribution in [1.82, 2.24) is 15.5 Å². The van der Waals surface area contributed by atoms with E-state index in [1.54, 1.807) is 25.7 Å². The molecule has 1 aromatic carbocycles. The average molecular weight is 560 g/mol. The van der Waals surface area contributed by atoms with E-state index in [0.29, 0.717) is 19.5 Å². The number of alkyl carbamates (subject to hydrolysis) is 1. The lowest BCUT2D eigenvalue weighted by atomic mass is 9.92. The number of ether oxygens (including phenoxy) is 1. The molecule has 7 nitrogen and oxygen atoms in total. The van der Waals surface area contributed by atoms with Gasteiger partial charge in [-0.1, -0.05) is 90.8 Å². The zero-order valence-electron chi connectivity index (χ0n) is 26.8. The smallest absolute Gasteiger partial charge is 0.408 e. The minimum Gasteiger partial charge on any atom is -0.444 e. The lowest BCUT2D eigenvalue weighted by molar-refractivity contribution is -0.143. The maximum Gasteiger partial charge on any atom is 0.408 e. The third-order valence-corrected chi connectivity index (χ3v) is 7.52. The largest absolute Gasteiger partial charge is 0.444 e. The summed E-state index contributed by atoms with van der Waals surface area (Å²) in [5, 5.41) is 5.95. The summed E-state index contributed by atoms with van der Waals surface area (Å²) in [5.74, 6) is -0.568. The molecule has 1 rings (SSSR count). The number of unbranched alkanes of at least 4 members (excludes halogenated alkanes) is 6. The van der Waals surface area contributed by atoms with Crippen LogP contribution in [0.4, 0.5) is 4.79 Å². The molecule has 2 N–H and O–H groups in total. The molecule has 0 aliphatic carbocycles. The van der Waals surface area contributed by atoms with Crippen molar-refractivity contribution in [2.75, 3.05) is 13.1 Å². The van der Waals surface area contributed by atoms with Crippen LogP contribution in [-0.4, -0.2) is 47.5 Å². The number of carbonyl (C=O) groups is 3. The zero-order valence-corrected chi connectivity index (χ0v) is 26.8. The highest BCUT2D eigenvalue weighted by Gasteiger charge is 2.38. The van der Waals surface area contributed by atoms with Gasteiger partial charge >= 0.3 is 6.09 Å². The van der Waals surface area contributed by atoms with E-state index in [2.05, 4.69) is 24.5 Å². The summed E-state index contributed by atoms with van der Waals surface area (Å²) in [6, 6.07) is 4.33. The van der Waals surface area contributed by atoms with Gasteiger partial charge in [0.1, 0.15) is 17.7 Å². The van der Waals surface area contributed by atoms with Crippen LogP contribution in [0.1, 0.15) is 129 Å². The van der Waals surface area contributed by atoms with E-state index in [4.69, 9.17) is 4.74 Å². The van der Waals surface area contributed by atoms with E-state index in [1.807, 2.05) is 45.9 Å². The Balaban J connectivity index is 3.52. The van der Waals surface area contributed by atoms with Gasteiger partial charge in [0.15, 0.2) is 0 Å². The number of carbonyl (C=O) groups excluding carboxylic acids is 3. The van der Waals surface area contributed by atoms with Crippen molar-refractivity contribution in [1.29, 1.82) is 0 Å². The SMILES string of the molecule is CCCCCCCCN(C(=O)C(NC(=O)OC(C)(C)C)C(C)CC)C(C(=O)NCCCC)c1cccc(C)c1C. The van der Waals surface area contributed by atoms with E-state index >= 15 is 0 Å². The summed E-state index contributed by atoms with van der Waals surface area (Å²) in [6.07, 6.45) is 8.29. The highest BCUT2D eigenvalue weighted by Crippen LogP contribution is 2.29. The summed E-state index contributed by atoms with van der Waals surface area (Å²) in [6.45, 7) is 18.7. The molecule has 0 saturated carbocycles. The fourth-order valence-electron chi connectivity index (χ4n) is 4.73. The Labute approximate surface area is 244 Å². The maximum absolute atomic E-state index is 14.4. The summed E-state index contributed by atoms with van der Waals surface area (Å²) < 4.78 is 5.52. The van der Waals surface area contributed by atoms with Gasteiger partial charge in [-0.25, -0.2) is 4.79 Å². The molecule has 0 aliphatic heterocycles. The van der Waals surface area contributed by atoms with E-state index in [1.165, 1.54) is 12.8 Å². The van der Waals surface area contributed by atoms with E-state index < -0.39 is 23.8 Å². The topological polar surface area (TPSA) is 87.7 Å². The molecule has 40 heavy (non-hydrogen) atoms. The van der Waals surface area contributed by atoms with Crippen LogP contribution >= 0.6 is 0 Å². The Morgan fingerprint density at radius 1 is 0.925 bits per heavy atom. The highest BCUT2D eigenvalue weighted by atomic mass is 16.6. The first-order valence-corrected chi connectivity index (χ1v) is 15.5. The molecule has 0 saturated heterocycles. The lowest BCUT2D eigenvalue weighted by Crippen LogP contribution is -2.55. The first kappa shape index (κ1) is 35.5. The second kappa shape index (κ2) is 18.0. The normalized spacial score (nSPS) is 13.7. The van der Waals surface area contributed by atoms with Gasteiger partial charge in [-0.3, -0.25) is 9.59 Å². The number of nitrogens with one attached hydrogen (secondary N) is 2. The Bertz CT molecular complexity index is 925.